The third kappa shape index (κ3) is 4.91. The highest BCUT2D eigenvalue weighted by atomic mass is 16.1. The molecule has 0 spiro atoms. The van der Waals surface area contributed by atoms with Crippen molar-refractivity contribution in [3.8, 4) is 11.3 Å². The van der Waals surface area contributed by atoms with Gasteiger partial charge in [-0.3, -0.25) is 19.7 Å². The van der Waals surface area contributed by atoms with Gasteiger partial charge in [0.1, 0.15) is 11.5 Å². The maximum atomic E-state index is 12.9. The molecule has 1 aliphatic rings. The van der Waals surface area contributed by atoms with E-state index in [-0.39, 0.29) is 24.3 Å². The number of Topliss-reactive ketones (excluding diaryl/α,β-unsaturated/α-hetero) is 1. The van der Waals surface area contributed by atoms with Crippen LogP contribution in [-0.2, 0) is 6.42 Å². The number of aromatic nitrogens is 7. The average molecular weight is 458 g/mol. The summed E-state index contributed by atoms with van der Waals surface area (Å²) in [6.07, 6.45) is 10.7. The normalized spacial score (nSPS) is 14.6. The topological polar surface area (TPSA) is 123 Å². The van der Waals surface area contributed by atoms with E-state index in [9.17, 15) is 4.79 Å². The van der Waals surface area contributed by atoms with Crippen LogP contribution < -0.4 is 10.6 Å². The molecule has 0 unspecified atom stereocenters. The molecule has 0 aromatic carbocycles. The van der Waals surface area contributed by atoms with Crippen molar-refractivity contribution in [1.82, 2.24) is 40.2 Å². The summed E-state index contributed by atoms with van der Waals surface area (Å²) in [4.78, 5) is 30.7. The molecule has 0 atom stereocenters. The molecule has 5 rings (SSSR count). The fraction of sp³-hybridized carbons (Fsp3) is 0.375. The molecule has 1 aliphatic heterocycles. The summed E-state index contributed by atoms with van der Waals surface area (Å²) in [5.74, 6) is 0.612. The van der Waals surface area contributed by atoms with E-state index in [0.717, 1.165) is 48.1 Å². The van der Waals surface area contributed by atoms with Crippen molar-refractivity contribution in [2.45, 2.75) is 45.2 Å². The summed E-state index contributed by atoms with van der Waals surface area (Å²) in [5, 5.41) is 15.8. The molecule has 4 aromatic heterocycles. The van der Waals surface area contributed by atoms with Crippen LogP contribution in [0.25, 0.3) is 22.2 Å². The molecule has 4 aromatic rings. The van der Waals surface area contributed by atoms with E-state index >= 15 is 0 Å². The first kappa shape index (κ1) is 22.0. The third-order valence-corrected chi connectivity index (χ3v) is 5.81. The number of rotatable bonds is 7. The zero-order valence-electron chi connectivity index (χ0n) is 19.3. The first-order valence-corrected chi connectivity index (χ1v) is 11.5. The molecule has 5 heterocycles. The molecule has 0 radical (unpaired) electrons. The fourth-order valence-electron chi connectivity index (χ4n) is 4.09. The number of fused-ring (bicyclic) bond motifs is 1. The third-order valence-electron chi connectivity index (χ3n) is 5.81. The van der Waals surface area contributed by atoms with Gasteiger partial charge in [0.15, 0.2) is 5.78 Å². The predicted molar refractivity (Wildman–Crippen MR) is 129 cm³/mol. The highest BCUT2D eigenvalue weighted by molar-refractivity contribution is 5.95. The van der Waals surface area contributed by atoms with Crippen LogP contribution in [0.3, 0.4) is 0 Å². The number of anilines is 1. The van der Waals surface area contributed by atoms with Gasteiger partial charge < -0.3 is 10.6 Å². The van der Waals surface area contributed by atoms with Gasteiger partial charge in [-0.2, -0.15) is 0 Å². The van der Waals surface area contributed by atoms with Crippen LogP contribution in [-0.4, -0.2) is 59.8 Å². The molecule has 0 bridgehead atoms. The number of carbonyl (C=O) groups is 1. The first-order chi connectivity index (χ1) is 16.5. The lowest BCUT2D eigenvalue weighted by Gasteiger charge is -2.22. The van der Waals surface area contributed by atoms with Crippen molar-refractivity contribution < 1.29 is 4.79 Å². The molecule has 0 aliphatic carbocycles. The molecular formula is C24H27N9O. The maximum Gasteiger partial charge on any atom is 0.190 e. The lowest BCUT2D eigenvalue weighted by atomic mass is 10.1. The molecule has 1 saturated heterocycles. The second-order valence-electron chi connectivity index (χ2n) is 8.85. The summed E-state index contributed by atoms with van der Waals surface area (Å²) in [7, 11) is 0. The van der Waals surface area contributed by atoms with Gasteiger partial charge in [0.2, 0.25) is 0 Å². The van der Waals surface area contributed by atoms with Gasteiger partial charge in [-0.05, 0) is 51.9 Å². The van der Waals surface area contributed by atoms with Gasteiger partial charge in [-0.15, -0.1) is 5.10 Å². The number of piperidine rings is 1. The van der Waals surface area contributed by atoms with Crippen LogP contribution in [0.5, 0.6) is 0 Å². The van der Waals surface area contributed by atoms with Gasteiger partial charge in [0, 0.05) is 28.9 Å². The zero-order chi connectivity index (χ0) is 23.5. The largest absolute Gasteiger partial charge is 0.367 e. The van der Waals surface area contributed by atoms with Crippen LogP contribution in [0.4, 0.5) is 5.82 Å². The lowest BCUT2D eigenvalue weighted by Crippen LogP contribution is -2.29. The van der Waals surface area contributed by atoms with Crippen molar-refractivity contribution in [2.75, 3.05) is 18.4 Å². The Morgan fingerprint density at radius 2 is 2.00 bits per heavy atom. The van der Waals surface area contributed by atoms with Crippen LogP contribution in [0.2, 0.25) is 0 Å². The minimum absolute atomic E-state index is 0.102. The number of nitrogens with zero attached hydrogens (tertiary/aromatic N) is 7. The van der Waals surface area contributed by atoms with Crippen molar-refractivity contribution in [3.05, 3.63) is 54.5 Å². The van der Waals surface area contributed by atoms with Crippen molar-refractivity contribution in [2.24, 2.45) is 0 Å². The van der Waals surface area contributed by atoms with Crippen molar-refractivity contribution >= 4 is 22.5 Å². The van der Waals surface area contributed by atoms with Gasteiger partial charge >= 0.3 is 0 Å². The number of nitrogens with one attached hydrogen (secondary N) is 2. The Hall–Kier alpha value is -3.79. The Morgan fingerprint density at radius 3 is 2.82 bits per heavy atom. The number of hydrogen-bond donors (Lipinski definition) is 2. The van der Waals surface area contributed by atoms with E-state index in [2.05, 4.69) is 54.7 Å². The van der Waals surface area contributed by atoms with Crippen molar-refractivity contribution in [1.29, 1.82) is 0 Å². The molecule has 174 valence electrons. The van der Waals surface area contributed by atoms with Crippen LogP contribution in [0, 0.1) is 0 Å². The highest BCUT2D eigenvalue weighted by Gasteiger charge is 2.19. The number of carbonyl (C=O) groups excluding carboxylic acids is 1. The molecule has 1 fully saturated rings. The quantitative estimate of drug-likeness (QED) is 0.403. The van der Waals surface area contributed by atoms with Crippen LogP contribution >= 0.6 is 0 Å². The van der Waals surface area contributed by atoms with E-state index in [0.29, 0.717) is 17.2 Å². The smallest absolute Gasteiger partial charge is 0.190 e. The summed E-state index contributed by atoms with van der Waals surface area (Å²) >= 11 is 0. The Morgan fingerprint density at radius 1 is 1.15 bits per heavy atom. The number of pyridine rings is 2. The SMILES string of the molecule is CC(C)Nc1cncc(-c2cnc3cnc(CC(=O)c4cn(C5CCNCC5)nn4)cc3c2)n1. The molecule has 10 heteroatoms. The van der Waals surface area contributed by atoms with Gasteiger partial charge in [0.25, 0.3) is 0 Å². The monoisotopic (exact) mass is 457 g/mol. The van der Waals surface area contributed by atoms with Gasteiger partial charge in [0.05, 0.1) is 48.5 Å². The summed E-state index contributed by atoms with van der Waals surface area (Å²) in [5.41, 5.74) is 3.36. The van der Waals surface area contributed by atoms with Crippen LogP contribution in [0.15, 0.2) is 43.1 Å². The Bertz CT molecular complexity index is 1310. The maximum absolute atomic E-state index is 12.9. The predicted octanol–water partition coefficient (Wildman–Crippen LogP) is 2.85. The Labute approximate surface area is 197 Å². The van der Waals surface area contributed by atoms with E-state index in [1.54, 1.807) is 31.0 Å². The lowest BCUT2D eigenvalue weighted by molar-refractivity contribution is 0.0987. The molecular weight excluding hydrogens is 430 g/mol. The number of hydrogen-bond acceptors (Lipinski definition) is 9. The van der Waals surface area contributed by atoms with Gasteiger partial charge in [-0.1, -0.05) is 5.21 Å². The summed E-state index contributed by atoms with van der Waals surface area (Å²) in [6, 6.07) is 4.43. The average Bonchev–Trinajstić information content (AvgIpc) is 3.35. The number of ketones is 1. The minimum Gasteiger partial charge on any atom is -0.367 e. The fourth-order valence-corrected chi connectivity index (χ4v) is 4.09. The summed E-state index contributed by atoms with van der Waals surface area (Å²) < 4.78 is 1.82. The first-order valence-electron chi connectivity index (χ1n) is 11.5. The van der Waals surface area contributed by atoms with E-state index in [1.165, 1.54) is 0 Å². The second-order valence-corrected chi connectivity index (χ2v) is 8.85. The standard InChI is InChI=1S/C24H27N9O/c1-15(2)29-24-13-26-11-21(30-24)17-7-16-8-18(27-12-20(16)28-10-17)9-23(34)22-14-33(32-31-22)19-3-5-25-6-4-19/h7-8,10-15,19,25H,3-6,9H2,1-2H3,(H,29,30). The minimum atomic E-state index is -0.102. The van der Waals surface area contributed by atoms with E-state index < -0.39 is 0 Å². The second kappa shape index (κ2) is 9.60. The Balaban J connectivity index is 1.34. The molecule has 10 nitrogen and oxygen atoms in total. The molecule has 34 heavy (non-hydrogen) atoms. The molecule has 0 saturated carbocycles. The zero-order valence-corrected chi connectivity index (χ0v) is 19.3. The summed E-state index contributed by atoms with van der Waals surface area (Å²) in [6.45, 7) is 6.01. The van der Waals surface area contributed by atoms with Gasteiger partial charge in [-0.25, -0.2) is 9.67 Å². The van der Waals surface area contributed by atoms with E-state index in [1.807, 2.05) is 16.8 Å². The van der Waals surface area contributed by atoms with Crippen molar-refractivity contribution in [3.63, 3.8) is 0 Å². The molecule has 0 amide bonds. The van der Waals surface area contributed by atoms with E-state index in [4.69, 9.17) is 0 Å². The van der Waals surface area contributed by atoms with Crippen LogP contribution in [0.1, 0.15) is 48.9 Å². The molecule has 2 N–H and O–H groups in total. The Kier molecular flexibility index (Phi) is 6.22. The highest BCUT2D eigenvalue weighted by Crippen LogP contribution is 2.23.